The van der Waals surface area contributed by atoms with Crippen LogP contribution in [-0.2, 0) is 18.9 Å². The van der Waals surface area contributed by atoms with Gasteiger partial charge in [0, 0.05) is 39.8 Å². The van der Waals surface area contributed by atoms with Crippen molar-refractivity contribution in [1.82, 2.24) is 16.0 Å². The zero-order chi connectivity index (χ0) is 43.2. The molecule has 3 saturated heterocycles. The summed E-state index contributed by atoms with van der Waals surface area (Å²) in [6.45, 7) is 48.2. The van der Waals surface area contributed by atoms with Crippen molar-refractivity contribution >= 4 is 0 Å². The Hall–Kier alpha value is -0.280. The van der Waals surface area contributed by atoms with E-state index in [-0.39, 0.29) is 74.6 Å². The van der Waals surface area contributed by atoms with Crippen LogP contribution in [0.3, 0.4) is 0 Å². The second-order valence-electron chi connectivity index (χ2n) is 25.3. The van der Waals surface area contributed by atoms with Crippen molar-refractivity contribution < 1.29 is 18.9 Å². The van der Waals surface area contributed by atoms with E-state index in [1.54, 1.807) is 0 Å². The van der Waals surface area contributed by atoms with E-state index in [0.717, 1.165) is 70.8 Å². The van der Waals surface area contributed by atoms with Crippen LogP contribution in [-0.4, -0.2) is 76.7 Å². The smallest absolute Gasteiger partial charge is 0.184 e. The first-order valence-electron chi connectivity index (χ1n) is 23.8. The largest absolute Gasteiger partial charge is 0.378 e. The fraction of sp³-hybridized carbons (Fsp3) is 1.00. The first-order chi connectivity index (χ1) is 25.8. The van der Waals surface area contributed by atoms with E-state index in [4.69, 9.17) is 18.9 Å². The Morgan fingerprint density at radius 1 is 0.456 bits per heavy atom. The molecule has 4 fully saturated rings. The standard InChI is InChI=1S/C50H97N3O4/c1-33(2)47(17)28-38(24-43(9,10)32-47)55-41(22-21-23-54-37-25-44(11,12)51-48(18,29-37)34(3)4)42(56-39-26-45(13,14)52-49(19,30-39)35(5)6)57-40-27-46(15,16)53-50(20,31-40)36(7)8/h33-42,51-53H,21-32H2,1-20H3. The molecule has 4 rings (SSSR count). The van der Waals surface area contributed by atoms with Gasteiger partial charge in [0.2, 0.25) is 0 Å². The topological polar surface area (TPSA) is 73.0 Å². The number of nitrogens with one attached hydrogen (secondary N) is 3. The van der Waals surface area contributed by atoms with Crippen LogP contribution >= 0.6 is 0 Å². The quantitative estimate of drug-likeness (QED) is 0.106. The number of hydrogen-bond donors (Lipinski definition) is 3. The average Bonchev–Trinajstić information content (AvgIpc) is 2.98. The van der Waals surface area contributed by atoms with Crippen LogP contribution < -0.4 is 16.0 Å². The molecule has 0 aromatic heterocycles. The lowest BCUT2D eigenvalue weighted by Crippen LogP contribution is -2.64. The Labute approximate surface area is 354 Å². The van der Waals surface area contributed by atoms with E-state index in [1.165, 1.54) is 6.42 Å². The molecule has 0 aromatic carbocycles. The van der Waals surface area contributed by atoms with Gasteiger partial charge in [-0.15, -0.1) is 0 Å². The second-order valence-corrected chi connectivity index (χ2v) is 25.3. The summed E-state index contributed by atoms with van der Waals surface area (Å²) >= 11 is 0. The molecule has 3 aliphatic heterocycles. The highest BCUT2D eigenvalue weighted by Gasteiger charge is 2.49. The zero-order valence-electron chi connectivity index (χ0n) is 41.4. The molecule has 0 bridgehead atoms. The lowest BCUT2D eigenvalue weighted by molar-refractivity contribution is -0.275. The van der Waals surface area contributed by atoms with Crippen molar-refractivity contribution in [3.05, 3.63) is 0 Å². The first-order valence-corrected chi connectivity index (χ1v) is 23.8. The third kappa shape index (κ3) is 13.1. The molecule has 0 aromatic rings. The maximum atomic E-state index is 7.56. The molecule has 7 heteroatoms. The minimum Gasteiger partial charge on any atom is -0.378 e. The van der Waals surface area contributed by atoms with E-state index in [2.05, 4.69) is 154 Å². The lowest BCUT2D eigenvalue weighted by atomic mass is 9.59. The van der Waals surface area contributed by atoms with Crippen LogP contribution in [0.2, 0.25) is 0 Å². The Balaban J connectivity index is 1.68. The van der Waals surface area contributed by atoms with Gasteiger partial charge in [-0.1, -0.05) is 76.2 Å². The maximum absolute atomic E-state index is 7.56. The Morgan fingerprint density at radius 2 is 0.842 bits per heavy atom. The van der Waals surface area contributed by atoms with Gasteiger partial charge in [0.1, 0.15) is 6.10 Å². The minimum atomic E-state index is -0.465. The fourth-order valence-corrected chi connectivity index (χ4v) is 12.0. The SMILES string of the molecule is CC(C)C1(C)CC(OC(CCCOC2CC(C)(C)NC(C)(C(C)C)C2)C(OC2CC(C)(C)NC(C)(C(C)C)C2)OC2CC(C)(C)NC(C)(C(C)C)C2)CC(C)(C)C1. The van der Waals surface area contributed by atoms with Crippen molar-refractivity contribution in [3.63, 3.8) is 0 Å². The molecule has 3 N–H and O–H groups in total. The fourth-order valence-electron chi connectivity index (χ4n) is 12.0. The molecule has 4 aliphatic rings. The molecule has 1 aliphatic carbocycles. The summed E-state index contributed by atoms with van der Waals surface area (Å²) in [6, 6.07) is 0. The molecule has 0 spiro atoms. The van der Waals surface area contributed by atoms with Gasteiger partial charge in [0.25, 0.3) is 0 Å². The lowest BCUT2D eigenvalue weighted by Gasteiger charge is -2.53. The van der Waals surface area contributed by atoms with Crippen molar-refractivity contribution in [3.8, 4) is 0 Å². The van der Waals surface area contributed by atoms with E-state index in [9.17, 15) is 0 Å². The van der Waals surface area contributed by atoms with Crippen molar-refractivity contribution in [2.24, 2.45) is 34.5 Å². The van der Waals surface area contributed by atoms with Crippen LogP contribution in [0.15, 0.2) is 0 Å². The zero-order valence-corrected chi connectivity index (χ0v) is 41.4. The number of piperidine rings is 3. The van der Waals surface area contributed by atoms with Crippen LogP contribution in [0.25, 0.3) is 0 Å². The van der Waals surface area contributed by atoms with Crippen LogP contribution in [0.1, 0.15) is 209 Å². The van der Waals surface area contributed by atoms with Gasteiger partial charge in [-0.2, -0.15) is 0 Å². The van der Waals surface area contributed by atoms with Gasteiger partial charge in [-0.25, -0.2) is 0 Å². The third-order valence-electron chi connectivity index (χ3n) is 15.9. The van der Waals surface area contributed by atoms with Gasteiger partial charge < -0.3 is 34.9 Å². The summed E-state index contributed by atoms with van der Waals surface area (Å²) in [4.78, 5) is 0. The van der Waals surface area contributed by atoms with Gasteiger partial charge >= 0.3 is 0 Å². The molecule has 336 valence electrons. The van der Waals surface area contributed by atoms with E-state index < -0.39 is 6.29 Å². The van der Waals surface area contributed by atoms with Crippen LogP contribution in [0, 0.1) is 34.5 Å². The maximum Gasteiger partial charge on any atom is 0.184 e. The molecular formula is C50H97N3O4. The first kappa shape index (κ1) is 49.4. The molecule has 57 heavy (non-hydrogen) atoms. The van der Waals surface area contributed by atoms with Crippen LogP contribution in [0.5, 0.6) is 0 Å². The van der Waals surface area contributed by atoms with Crippen molar-refractivity contribution in [2.75, 3.05) is 6.61 Å². The third-order valence-corrected chi connectivity index (χ3v) is 15.9. The van der Waals surface area contributed by atoms with Crippen molar-refractivity contribution in [1.29, 1.82) is 0 Å². The molecular weight excluding hydrogens is 707 g/mol. The van der Waals surface area contributed by atoms with Gasteiger partial charge in [-0.05, 0) is 167 Å². The predicted molar refractivity (Wildman–Crippen MR) is 241 cm³/mol. The summed E-state index contributed by atoms with van der Waals surface area (Å²) in [6.07, 6.45) is 10.8. The Kier molecular flexibility index (Phi) is 15.4. The predicted octanol–water partition coefficient (Wildman–Crippen LogP) is 11.6. The Morgan fingerprint density at radius 3 is 1.25 bits per heavy atom. The monoisotopic (exact) mass is 804 g/mol. The molecule has 3 heterocycles. The summed E-state index contributed by atoms with van der Waals surface area (Å²) in [5, 5.41) is 12.0. The normalized spacial score (nSPS) is 39.2. The molecule has 0 amide bonds. The number of rotatable bonds is 16. The van der Waals surface area contributed by atoms with Crippen LogP contribution in [0.4, 0.5) is 0 Å². The molecule has 7 nitrogen and oxygen atoms in total. The minimum absolute atomic E-state index is 0.0340. The molecule has 1 saturated carbocycles. The van der Waals surface area contributed by atoms with E-state index in [1.807, 2.05) is 0 Å². The summed E-state index contributed by atoms with van der Waals surface area (Å²) in [5.41, 5.74) is 0.347. The number of ether oxygens (including phenoxy) is 4. The highest BCUT2D eigenvalue weighted by Crippen LogP contribution is 2.51. The highest BCUT2D eigenvalue weighted by molar-refractivity contribution is 5.05. The van der Waals surface area contributed by atoms with E-state index in [0.29, 0.717) is 23.7 Å². The van der Waals surface area contributed by atoms with Crippen molar-refractivity contribution in [2.45, 2.75) is 279 Å². The van der Waals surface area contributed by atoms with Gasteiger partial charge in [0.05, 0.1) is 24.4 Å². The summed E-state index contributed by atoms with van der Waals surface area (Å²) < 4.78 is 29.4. The van der Waals surface area contributed by atoms with E-state index >= 15 is 0 Å². The molecule has 9 unspecified atom stereocenters. The van der Waals surface area contributed by atoms with Gasteiger partial charge in [-0.3, -0.25) is 0 Å². The Bertz CT molecular complexity index is 1250. The average molecular weight is 804 g/mol. The summed E-state index contributed by atoms with van der Waals surface area (Å²) in [5.74, 6) is 2.06. The number of hydrogen-bond acceptors (Lipinski definition) is 7. The summed E-state index contributed by atoms with van der Waals surface area (Å²) in [7, 11) is 0. The highest BCUT2D eigenvalue weighted by atomic mass is 16.7. The molecule has 9 atom stereocenters. The molecule has 0 radical (unpaired) electrons. The second kappa shape index (κ2) is 17.8. The van der Waals surface area contributed by atoms with Gasteiger partial charge in [0.15, 0.2) is 6.29 Å².